The van der Waals surface area contributed by atoms with E-state index in [1.165, 1.54) is 24.3 Å². The molecule has 1 aliphatic heterocycles. The maximum Gasteiger partial charge on any atom is 0.244 e. The van der Waals surface area contributed by atoms with Crippen molar-refractivity contribution in [2.75, 3.05) is 6.61 Å². The van der Waals surface area contributed by atoms with Gasteiger partial charge in [-0.2, -0.15) is 9.57 Å². The van der Waals surface area contributed by atoms with Crippen molar-refractivity contribution in [2.45, 2.75) is 22.9 Å². The van der Waals surface area contributed by atoms with Gasteiger partial charge in [-0.15, -0.1) is 0 Å². The molecule has 0 aliphatic carbocycles. The standard InChI is InChI=1S/C23H18F2N2O3S/c24-18-4-1-3-17(11-18)15-7-9-16(10-8-15)23-21(13-26)27(22(23)14-28)31(29,30)20-6-2-5-19(25)12-20/h1-12,21-23,28H,14H2/t21-,22+,23-/m0/s1. The third kappa shape index (κ3) is 3.72. The van der Waals surface area contributed by atoms with Crippen LogP contribution in [0.4, 0.5) is 8.78 Å². The molecule has 1 fully saturated rings. The van der Waals surface area contributed by atoms with Gasteiger partial charge in [-0.05, 0) is 47.0 Å². The van der Waals surface area contributed by atoms with Gasteiger partial charge in [0.2, 0.25) is 10.0 Å². The molecule has 1 aliphatic rings. The molecular formula is C23H18F2N2O3S. The highest BCUT2D eigenvalue weighted by Crippen LogP contribution is 2.44. The van der Waals surface area contributed by atoms with Crippen molar-refractivity contribution in [2.24, 2.45) is 0 Å². The third-order valence-electron chi connectivity index (χ3n) is 5.50. The molecule has 0 aromatic heterocycles. The van der Waals surface area contributed by atoms with Crippen LogP contribution in [-0.4, -0.2) is 36.5 Å². The summed E-state index contributed by atoms with van der Waals surface area (Å²) in [6, 6.07) is 17.8. The van der Waals surface area contributed by atoms with Gasteiger partial charge in [-0.25, -0.2) is 17.2 Å². The predicted molar refractivity (Wildman–Crippen MR) is 110 cm³/mol. The summed E-state index contributed by atoms with van der Waals surface area (Å²) in [5.41, 5.74) is 2.13. The number of aliphatic hydroxyl groups is 1. The van der Waals surface area contributed by atoms with E-state index < -0.39 is 40.4 Å². The van der Waals surface area contributed by atoms with E-state index in [-0.39, 0.29) is 10.7 Å². The molecule has 0 unspecified atom stereocenters. The maximum absolute atomic E-state index is 13.6. The van der Waals surface area contributed by atoms with E-state index in [9.17, 15) is 27.6 Å². The molecule has 3 aromatic carbocycles. The lowest BCUT2D eigenvalue weighted by atomic mass is 9.78. The molecule has 1 heterocycles. The van der Waals surface area contributed by atoms with Crippen molar-refractivity contribution in [3.05, 3.63) is 90.0 Å². The highest BCUT2D eigenvalue weighted by atomic mass is 32.2. The Balaban J connectivity index is 1.65. The van der Waals surface area contributed by atoms with Crippen molar-refractivity contribution in [3.8, 4) is 17.2 Å². The van der Waals surface area contributed by atoms with E-state index in [4.69, 9.17) is 0 Å². The van der Waals surface area contributed by atoms with E-state index in [2.05, 4.69) is 0 Å². The number of aliphatic hydroxyl groups excluding tert-OH is 1. The minimum absolute atomic E-state index is 0.272. The number of sulfonamides is 1. The Kier molecular flexibility index (Phi) is 5.58. The number of nitriles is 1. The molecule has 8 heteroatoms. The lowest BCUT2D eigenvalue weighted by Gasteiger charge is -2.50. The normalized spacial score (nSPS) is 21.3. The van der Waals surface area contributed by atoms with Crippen LogP contribution in [0.15, 0.2) is 77.7 Å². The molecule has 1 N–H and O–H groups in total. The van der Waals surface area contributed by atoms with Gasteiger partial charge in [0.05, 0.1) is 23.6 Å². The van der Waals surface area contributed by atoms with Gasteiger partial charge >= 0.3 is 0 Å². The number of rotatable bonds is 5. The first-order valence-corrected chi connectivity index (χ1v) is 11.0. The zero-order valence-corrected chi connectivity index (χ0v) is 17.0. The van der Waals surface area contributed by atoms with Crippen LogP contribution in [0.3, 0.4) is 0 Å². The highest BCUT2D eigenvalue weighted by molar-refractivity contribution is 7.89. The molecule has 31 heavy (non-hydrogen) atoms. The van der Waals surface area contributed by atoms with Gasteiger partial charge < -0.3 is 5.11 Å². The van der Waals surface area contributed by atoms with Crippen LogP contribution >= 0.6 is 0 Å². The molecule has 4 rings (SSSR count). The van der Waals surface area contributed by atoms with E-state index in [1.54, 1.807) is 36.4 Å². The van der Waals surface area contributed by atoms with Gasteiger partial charge in [0.25, 0.3) is 0 Å². The number of hydrogen-bond acceptors (Lipinski definition) is 4. The van der Waals surface area contributed by atoms with Crippen LogP contribution in [0.25, 0.3) is 11.1 Å². The third-order valence-corrected chi connectivity index (χ3v) is 7.40. The quantitative estimate of drug-likeness (QED) is 0.656. The van der Waals surface area contributed by atoms with Crippen LogP contribution in [-0.2, 0) is 10.0 Å². The Morgan fingerprint density at radius 3 is 2.16 bits per heavy atom. The second-order valence-corrected chi connectivity index (χ2v) is 9.12. The summed E-state index contributed by atoms with van der Waals surface area (Å²) >= 11 is 0. The molecule has 1 saturated heterocycles. The second kappa shape index (κ2) is 8.19. The van der Waals surface area contributed by atoms with Crippen molar-refractivity contribution >= 4 is 10.0 Å². The second-order valence-electron chi connectivity index (χ2n) is 7.27. The van der Waals surface area contributed by atoms with E-state index in [1.807, 2.05) is 6.07 Å². The largest absolute Gasteiger partial charge is 0.395 e. The van der Waals surface area contributed by atoms with Gasteiger partial charge in [-0.1, -0.05) is 42.5 Å². The average Bonchev–Trinajstić information content (AvgIpc) is 2.74. The van der Waals surface area contributed by atoms with Crippen molar-refractivity contribution < 1.29 is 22.3 Å². The fourth-order valence-electron chi connectivity index (χ4n) is 4.01. The monoisotopic (exact) mass is 440 g/mol. The molecule has 0 radical (unpaired) electrons. The Labute approximate surface area is 178 Å². The SMILES string of the molecule is N#C[C@H]1[C@H](c2ccc(-c3cccc(F)c3)cc2)[C@@H](CO)N1S(=O)(=O)c1cccc(F)c1. The minimum Gasteiger partial charge on any atom is -0.395 e. The zero-order chi connectivity index (χ0) is 22.2. The molecule has 3 atom stereocenters. The smallest absolute Gasteiger partial charge is 0.244 e. The number of benzene rings is 3. The fourth-order valence-corrected chi connectivity index (χ4v) is 5.80. The van der Waals surface area contributed by atoms with Crippen molar-refractivity contribution in [1.29, 1.82) is 5.26 Å². The Morgan fingerprint density at radius 1 is 0.935 bits per heavy atom. The lowest BCUT2D eigenvalue weighted by molar-refractivity contribution is 0.0556. The van der Waals surface area contributed by atoms with Crippen molar-refractivity contribution in [1.82, 2.24) is 4.31 Å². The van der Waals surface area contributed by atoms with Crippen LogP contribution in [0.1, 0.15) is 11.5 Å². The summed E-state index contributed by atoms with van der Waals surface area (Å²) < 4.78 is 54.0. The number of halogens is 2. The molecule has 0 spiro atoms. The van der Waals surface area contributed by atoms with Crippen LogP contribution in [0.5, 0.6) is 0 Å². The molecule has 5 nitrogen and oxygen atoms in total. The fraction of sp³-hybridized carbons (Fsp3) is 0.174. The van der Waals surface area contributed by atoms with E-state index in [0.29, 0.717) is 11.1 Å². The number of hydrogen-bond donors (Lipinski definition) is 1. The summed E-state index contributed by atoms with van der Waals surface area (Å²) in [6.45, 7) is -0.497. The topological polar surface area (TPSA) is 81.4 Å². The molecule has 158 valence electrons. The van der Waals surface area contributed by atoms with Crippen LogP contribution in [0, 0.1) is 23.0 Å². The minimum atomic E-state index is -4.17. The van der Waals surface area contributed by atoms with Gasteiger partial charge in [0.15, 0.2) is 0 Å². The Morgan fingerprint density at radius 2 is 1.58 bits per heavy atom. The molecule has 0 amide bonds. The number of nitrogens with zero attached hydrogens (tertiary/aromatic N) is 2. The summed E-state index contributed by atoms with van der Waals surface area (Å²) in [5.74, 6) is -1.62. The van der Waals surface area contributed by atoms with Crippen LogP contribution in [0.2, 0.25) is 0 Å². The summed E-state index contributed by atoms with van der Waals surface area (Å²) in [5, 5.41) is 19.6. The molecule has 3 aromatic rings. The zero-order valence-electron chi connectivity index (χ0n) is 16.2. The van der Waals surface area contributed by atoms with Gasteiger partial charge in [-0.3, -0.25) is 0 Å². The van der Waals surface area contributed by atoms with Gasteiger partial charge in [0, 0.05) is 5.92 Å². The molecular weight excluding hydrogens is 422 g/mol. The lowest BCUT2D eigenvalue weighted by Crippen LogP contribution is -2.65. The first kappa shape index (κ1) is 21.1. The Bertz CT molecular complexity index is 1260. The average molecular weight is 440 g/mol. The summed E-state index contributed by atoms with van der Waals surface area (Å²) in [7, 11) is -4.17. The van der Waals surface area contributed by atoms with E-state index in [0.717, 1.165) is 22.0 Å². The first-order chi connectivity index (χ1) is 14.9. The van der Waals surface area contributed by atoms with Crippen LogP contribution < -0.4 is 0 Å². The maximum atomic E-state index is 13.6. The summed E-state index contributed by atoms with van der Waals surface area (Å²) in [4.78, 5) is -0.272. The Hall–Kier alpha value is -3.12. The molecule has 0 saturated carbocycles. The van der Waals surface area contributed by atoms with Crippen molar-refractivity contribution in [3.63, 3.8) is 0 Å². The predicted octanol–water partition coefficient (Wildman–Crippen LogP) is 3.67. The van der Waals surface area contributed by atoms with Gasteiger partial charge in [0.1, 0.15) is 17.7 Å². The first-order valence-electron chi connectivity index (χ1n) is 9.52. The highest BCUT2D eigenvalue weighted by Gasteiger charge is 2.55. The van der Waals surface area contributed by atoms with E-state index >= 15 is 0 Å². The summed E-state index contributed by atoms with van der Waals surface area (Å²) in [6.07, 6.45) is 0. The molecule has 0 bridgehead atoms.